The van der Waals surface area contributed by atoms with Crippen molar-refractivity contribution in [3.8, 4) is 22.8 Å². The van der Waals surface area contributed by atoms with Crippen LogP contribution in [0, 0.1) is 11.8 Å². The highest BCUT2D eigenvalue weighted by atomic mass is 16.5. The van der Waals surface area contributed by atoms with Crippen molar-refractivity contribution in [2.45, 2.75) is 52.6 Å². The molecule has 0 spiro atoms. The topological polar surface area (TPSA) is 51.0 Å². The summed E-state index contributed by atoms with van der Waals surface area (Å²) in [5.41, 5.74) is 4.56. The van der Waals surface area contributed by atoms with Gasteiger partial charge in [0.2, 0.25) is 5.82 Å². The summed E-state index contributed by atoms with van der Waals surface area (Å²) in [4.78, 5) is 4.58. The van der Waals surface area contributed by atoms with Crippen LogP contribution in [0.1, 0.15) is 44.7 Å². The number of rotatable bonds is 7. The summed E-state index contributed by atoms with van der Waals surface area (Å²) in [7, 11) is 0. The maximum absolute atomic E-state index is 5.49. The quantitative estimate of drug-likeness (QED) is 0.593. The Morgan fingerprint density at radius 1 is 0.964 bits per heavy atom. The van der Waals surface area contributed by atoms with Gasteiger partial charge in [0.1, 0.15) is 0 Å². The highest BCUT2D eigenvalue weighted by Crippen LogP contribution is 2.27. The number of benzene rings is 2. The molecule has 3 aromatic rings. The Morgan fingerprint density at radius 2 is 1.61 bits per heavy atom. The lowest BCUT2D eigenvalue weighted by Gasteiger charge is -2.33. The van der Waals surface area contributed by atoms with Crippen molar-refractivity contribution in [1.82, 2.24) is 15.5 Å². The Balaban J connectivity index is 1.39. The zero-order chi connectivity index (χ0) is 19.5. The van der Waals surface area contributed by atoms with Gasteiger partial charge in [0.15, 0.2) is 0 Å². The first-order chi connectivity index (χ1) is 13.6. The summed E-state index contributed by atoms with van der Waals surface area (Å²) in [6, 6.07) is 17.5. The van der Waals surface area contributed by atoms with Gasteiger partial charge in [0.25, 0.3) is 5.89 Å². The summed E-state index contributed by atoms with van der Waals surface area (Å²) >= 11 is 0. The molecule has 4 rings (SSSR count). The van der Waals surface area contributed by atoms with Gasteiger partial charge in [-0.2, -0.15) is 4.98 Å². The van der Waals surface area contributed by atoms with Crippen LogP contribution in [0.25, 0.3) is 22.8 Å². The second-order valence-corrected chi connectivity index (χ2v) is 8.57. The Hall–Kier alpha value is -2.46. The van der Waals surface area contributed by atoms with Crippen molar-refractivity contribution in [2.75, 3.05) is 0 Å². The summed E-state index contributed by atoms with van der Waals surface area (Å²) in [6.07, 6.45) is 3.67. The molecule has 0 unspecified atom stereocenters. The monoisotopic (exact) mass is 375 g/mol. The van der Waals surface area contributed by atoms with E-state index in [0.717, 1.165) is 30.0 Å². The molecule has 0 atom stereocenters. The minimum Gasteiger partial charge on any atom is -0.334 e. The van der Waals surface area contributed by atoms with Crippen molar-refractivity contribution >= 4 is 0 Å². The molecule has 1 fully saturated rings. The highest BCUT2D eigenvalue weighted by molar-refractivity contribution is 5.60. The second-order valence-electron chi connectivity index (χ2n) is 8.57. The van der Waals surface area contributed by atoms with Gasteiger partial charge >= 0.3 is 0 Å². The van der Waals surface area contributed by atoms with Crippen LogP contribution >= 0.6 is 0 Å². The van der Waals surface area contributed by atoms with E-state index >= 15 is 0 Å². The lowest BCUT2D eigenvalue weighted by molar-refractivity contribution is 0.240. The molecular formula is C24H29N3O. The summed E-state index contributed by atoms with van der Waals surface area (Å²) in [5.74, 6) is 2.72. The third-order valence-corrected chi connectivity index (χ3v) is 5.45. The molecule has 1 aliphatic carbocycles. The van der Waals surface area contributed by atoms with Gasteiger partial charge < -0.3 is 9.84 Å². The van der Waals surface area contributed by atoms with E-state index in [-0.39, 0.29) is 0 Å². The van der Waals surface area contributed by atoms with E-state index in [1.807, 2.05) is 0 Å². The second kappa shape index (κ2) is 8.27. The molecule has 4 nitrogen and oxygen atoms in total. The van der Waals surface area contributed by atoms with Crippen molar-refractivity contribution in [1.29, 1.82) is 0 Å². The molecule has 1 N–H and O–H groups in total. The highest BCUT2D eigenvalue weighted by Gasteiger charge is 2.24. The Bertz CT molecular complexity index is 890. The van der Waals surface area contributed by atoms with E-state index < -0.39 is 0 Å². The van der Waals surface area contributed by atoms with E-state index in [4.69, 9.17) is 4.52 Å². The lowest BCUT2D eigenvalue weighted by Crippen LogP contribution is -2.39. The van der Waals surface area contributed by atoms with Crippen LogP contribution in [0.3, 0.4) is 0 Å². The van der Waals surface area contributed by atoms with E-state index in [9.17, 15) is 0 Å². The average molecular weight is 376 g/mol. The summed E-state index contributed by atoms with van der Waals surface area (Å²) in [5, 5.41) is 7.78. The molecule has 0 aliphatic heterocycles. The van der Waals surface area contributed by atoms with Gasteiger partial charge in [-0.1, -0.05) is 62.3 Å². The smallest absolute Gasteiger partial charge is 0.258 e. The first-order valence-corrected chi connectivity index (χ1v) is 10.3. The van der Waals surface area contributed by atoms with E-state index in [2.05, 4.69) is 84.8 Å². The number of aromatic nitrogens is 2. The van der Waals surface area contributed by atoms with Crippen LogP contribution < -0.4 is 5.32 Å². The van der Waals surface area contributed by atoms with Crippen LogP contribution in [-0.2, 0) is 13.0 Å². The molecule has 1 aromatic heterocycles. The summed E-state index contributed by atoms with van der Waals surface area (Å²) in [6.45, 7) is 7.69. The fourth-order valence-electron chi connectivity index (χ4n) is 3.82. The fourth-order valence-corrected chi connectivity index (χ4v) is 3.82. The average Bonchev–Trinajstić information content (AvgIpc) is 3.15. The molecule has 0 bridgehead atoms. The molecule has 1 aliphatic rings. The number of nitrogens with zero attached hydrogens (tertiary/aromatic N) is 2. The van der Waals surface area contributed by atoms with Crippen LogP contribution in [0.2, 0.25) is 0 Å². The largest absolute Gasteiger partial charge is 0.334 e. The molecule has 28 heavy (non-hydrogen) atoms. The Morgan fingerprint density at radius 3 is 2.25 bits per heavy atom. The molecular weight excluding hydrogens is 346 g/mol. The van der Waals surface area contributed by atoms with E-state index in [1.165, 1.54) is 24.0 Å². The van der Waals surface area contributed by atoms with Crippen LogP contribution in [0.4, 0.5) is 0 Å². The molecule has 1 heterocycles. The Kier molecular flexibility index (Phi) is 5.58. The molecule has 0 saturated heterocycles. The first kappa shape index (κ1) is 18.9. The number of hydrogen-bond acceptors (Lipinski definition) is 4. The third-order valence-electron chi connectivity index (χ3n) is 5.45. The maximum atomic E-state index is 5.49. The van der Waals surface area contributed by atoms with Gasteiger partial charge in [0, 0.05) is 23.7 Å². The van der Waals surface area contributed by atoms with E-state index in [1.54, 1.807) is 0 Å². The molecule has 0 amide bonds. The lowest BCUT2D eigenvalue weighted by atomic mass is 9.82. The van der Waals surface area contributed by atoms with E-state index in [0.29, 0.717) is 23.7 Å². The molecule has 146 valence electrons. The fraction of sp³-hybridized carbons (Fsp3) is 0.417. The van der Waals surface area contributed by atoms with Crippen LogP contribution in [-0.4, -0.2) is 16.2 Å². The molecule has 0 radical (unpaired) electrons. The maximum Gasteiger partial charge on any atom is 0.258 e. The van der Waals surface area contributed by atoms with Gasteiger partial charge in [-0.3, -0.25) is 0 Å². The molecule has 1 saturated carbocycles. The van der Waals surface area contributed by atoms with Gasteiger partial charge in [0.05, 0.1) is 0 Å². The first-order valence-electron chi connectivity index (χ1n) is 10.3. The van der Waals surface area contributed by atoms with Gasteiger partial charge in [-0.15, -0.1) is 0 Å². The minimum atomic E-state index is 0.566. The normalized spacial score (nSPS) is 19.0. The standard InChI is InChI=1S/C24H29N3O/c1-16(2)12-18-4-10-21(11-5-18)24-26-23(27-28-24)20-8-6-19(7-9-20)15-25-22-13-17(3)14-22/h4-11,16-17,22,25H,12-15H2,1-3H3/t17-,22+. The molecule has 4 heteroatoms. The van der Waals surface area contributed by atoms with Crippen LogP contribution in [0.5, 0.6) is 0 Å². The SMILES string of the molecule is CC(C)Cc1ccc(-c2nc(-c3ccc(CN[C@H]4C[C@@H](C)C4)cc3)no2)cc1. The Labute approximate surface area is 167 Å². The van der Waals surface area contributed by atoms with Crippen LogP contribution in [0.15, 0.2) is 53.1 Å². The number of nitrogens with one attached hydrogen (secondary N) is 1. The third kappa shape index (κ3) is 4.50. The van der Waals surface area contributed by atoms with Crippen molar-refractivity contribution < 1.29 is 4.52 Å². The van der Waals surface area contributed by atoms with Crippen molar-refractivity contribution in [3.05, 3.63) is 59.7 Å². The van der Waals surface area contributed by atoms with Gasteiger partial charge in [-0.05, 0) is 54.4 Å². The number of hydrogen-bond donors (Lipinski definition) is 1. The predicted octanol–water partition coefficient (Wildman–Crippen LogP) is 5.49. The van der Waals surface area contributed by atoms with Gasteiger partial charge in [-0.25, -0.2) is 0 Å². The van der Waals surface area contributed by atoms with Crippen molar-refractivity contribution in [3.63, 3.8) is 0 Å². The summed E-state index contributed by atoms with van der Waals surface area (Å²) < 4.78 is 5.49. The molecule has 2 aromatic carbocycles. The predicted molar refractivity (Wildman–Crippen MR) is 113 cm³/mol. The minimum absolute atomic E-state index is 0.566. The zero-order valence-electron chi connectivity index (χ0n) is 17.0. The van der Waals surface area contributed by atoms with Crippen molar-refractivity contribution in [2.24, 2.45) is 11.8 Å². The zero-order valence-corrected chi connectivity index (χ0v) is 17.0.